The molecule has 0 saturated heterocycles. The number of hydrogen-bond acceptors (Lipinski definition) is 5. The summed E-state index contributed by atoms with van der Waals surface area (Å²) in [7, 11) is 0. The van der Waals surface area contributed by atoms with E-state index in [-0.39, 0.29) is 50.6 Å². The Labute approximate surface area is 113 Å². The summed E-state index contributed by atoms with van der Waals surface area (Å²) >= 11 is 0. The largest absolute Gasteiger partial charge is 0.461 e. The van der Waals surface area contributed by atoms with E-state index < -0.39 is 5.97 Å². The van der Waals surface area contributed by atoms with Crippen molar-refractivity contribution in [1.82, 2.24) is 0 Å². The van der Waals surface area contributed by atoms with Gasteiger partial charge in [-0.3, -0.25) is 14.4 Å². The summed E-state index contributed by atoms with van der Waals surface area (Å²) in [6.45, 7) is 7.17. The third-order valence-corrected chi connectivity index (χ3v) is 2.17. The summed E-state index contributed by atoms with van der Waals surface area (Å²) in [5.41, 5.74) is 0. The smallest absolute Gasteiger partial charge is 0.306 e. The summed E-state index contributed by atoms with van der Waals surface area (Å²) in [6.07, 6.45) is 4.03. The molecule has 0 atom stereocenters. The van der Waals surface area contributed by atoms with Crippen molar-refractivity contribution in [2.24, 2.45) is 0 Å². The van der Waals surface area contributed by atoms with Crippen LogP contribution in [0.25, 0.3) is 0 Å². The van der Waals surface area contributed by atoms with Gasteiger partial charge in [0, 0.05) is 19.3 Å². The second-order valence-corrected chi connectivity index (χ2v) is 3.84. The van der Waals surface area contributed by atoms with Crippen molar-refractivity contribution < 1.29 is 23.9 Å². The molecule has 0 aromatic rings. The summed E-state index contributed by atoms with van der Waals surface area (Å²) < 4.78 is 9.50. The number of rotatable bonds is 11. The van der Waals surface area contributed by atoms with Gasteiger partial charge in [-0.2, -0.15) is 0 Å². The number of carbonyl (C=O) groups excluding carboxylic acids is 3. The van der Waals surface area contributed by atoms with Crippen LogP contribution in [-0.4, -0.2) is 30.9 Å². The Morgan fingerprint density at radius 2 is 1.32 bits per heavy atom. The number of hydrogen-bond donors (Lipinski definition) is 0. The minimum Gasteiger partial charge on any atom is -0.461 e. The first-order chi connectivity index (χ1) is 9.10. The Hall–Kier alpha value is -1.91. The maximum absolute atomic E-state index is 11.4. The standard InChI is InChI=1S/C14H20O5/c1-3-10-18-13(16)7-5-6-12(15)8-9-14(17)19-11-4-2/h3-4H,1-2,5-11H2. The van der Waals surface area contributed by atoms with Crippen molar-refractivity contribution >= 4 is 17.7 Å². The molecule has 19 heavy (non-hydrogen) atoms. The van der Waals surface area contributed by atoms with Crippen LogP contribution in [0.15, 0.2) is 25.3 Å². The van der Waals surface area contributed by atoms with Crippen LogP contribution in [-0.2, 0) is 23.9 Å². The lowest BCUT2D eigenvalue weighted by Crippen LogP contribution is -2.09. The second-order valence-electron chi connectivity index (χ2n) is 3.84. The number of carbonyl (C=O) groups is 3. The Morgan fingerprint density at radius 3 is 1.84 bits per heavy atom. The predicted octanol–water partition coefficient (Wildman–Crippen LogP) is 1.96. The molecule has 0 aliphatic rings. The third-order valence-electron chi connectivity index (χ3n) is 2.17. The van der Waals surface area contributed by atoms with Gasteiger partial charge in [0.05, 0.1) is 6.42 Å². The highest BCUT2D eigenvalue weighted by Crippen LogP contribution is 2.04. The normalized spacial score (nSPS) is 9.47. The van der Waals surface area contributed by atoms with Gasteiger partial charge in [0.15, 0.2) is 0 Å². The molecular weight excluding hydrogens is 248 g/mol. The molecule has 0 aliphatic heterocycles. The van der Waals surface area contributed by atoms with Crippen molar-refractivity contribution in [2.75, 3.05) is 13.2 Å². The molecule has 0 fully saturated rings. The highest BCUT2D eigenvalue weighted by atomic mass is 16.5. The predicted molar refractivity (Wildman–Crippen MR) is 70.4 cm³/mol. The zero-order valence-corrected chi connectivity index (χ0v) is 11.1. The summed E-state index contributed by atoms with van der Waals surface area (Å²) in [6, 6.07) is 0. The van der Waals surface area contributed by atoms with Crippen LogP contribution >= 0.6 is 0 Å². The zero-order valence-electron chi connectivity index (χ0n) is 11.1. The monoisotopic (exact) mass is 268 g/mol. The molecule has 0 rings (SSSR count). The van der Waals surface area contributed by atoms with Crippen molar-refractivity contribution in [3.8, 4) is 0 Å². The fourth-order valence-corrected chi connectivity index (χ4v) is 1.24. The second kappa shape index (κ2) is 11.2. The van der Waals surface area contributed by atoms with E-state index in [4.69, 9.17) is 9.47 Å². The number of esters is 2. The van der Waals surface area contributed by atoms with Crippen LogP contribution in [0, 0.1) is 0 Å². The summed E-state index contributed by atoms with van der Waals surface area (Å²) in [5.74, 6) is -0.830. The maximum Gasteiger partial charge on any atom is 0.306 e. The summed E-state index contributed by atoms with van der Waals surface area (Å²) in [5, 5.41) is 0. The Balaban J connectivity index is 3.59. The SMILES string of the molecule is C=CCOC(=O)CCCC(=O)CCC(=O)OCC=C. The molecule has 0 spiro atoms. The van der Waals surface area contributed by atoms with Crippen LogP contribution in [0.3, 0.4) is 0 Å². The number of Topliss-reactive ketones (excluding diaryl/α,β-unsaturated/α-hetero) is 1. The van der Waals surface area contributed by atoms with E-state index in [0.717, 1.165) is 0 Å². The quantitative estimate of drug-likeness (QED) is 0.423. The number of ether oxygens (including phenoxy) is 2. The van der Waals surface area contributed by atoms with Gasteiger partial charge in [0.1, 0.15) is 19.0 Å². The molecule has 0 amide bonds. The van der Waals surface area contributed by atoms with Gasteiger partial charge in [0.2, 0.25) is 0 Å². The Kier molecular flexibility index (Phi) is 10.1. The third kappa shape index (κ3) is 10.9. The number of ketones is 1. The van der Waals surface area contributed by atoms with Gasteiger partial charge < -0.3 is 9.47 Å². The van der Waals surface area contributed by atoms with Crippen molar-refractivity contribution in [3.63, 3.8) is 0 Å². The molecular formula is C14H20O5. The fraction of sp³-hybridized carbons (Fsp3) is 0.500. The molecule has 5 heteroatoms. The van der Waals surface area contributed by atoms with Crippen molar-refractivity contribution in [1.29, 1.82) is 0 Å². The molecule has 0 unspecified atom stereocenters. The Morgan fingerprint density at radius 1 is 0.789 bits per heavy atom. The van der Waals surface area contributed by atoms with Crippen LogP contribution in [0.4, 0.5) is 0 Å². The van der Waals surface area contributed by atoms with Gasteiger partial charge in [-0.05, 0) is 6.42 Å². The molecule has 0 aromatic heterocycles. The van der Waals surface area contributed by atoms with Crippen LogP contribution < -0.4 is 0 Å². The molecule has 0 bridgehead atoms. The minimum atomic E-state index is -0.418. The van der Waals surface area contributed by atoms with Gasteiger partial charge in [-0.15, -0.1) is 0 Å². The topological polar surface area (TPSA) is 69.7 Å². The molecule has 0 N–H and O–H groups in total. The molecule has 0 aliphatic carbocycles. The van der Waals surface area contributed by atoms with E-state index in [9.17, 15) is 14.4 Å². The first-order valence-corrected chi connectivity index (χ1v) is 6.15. The van der Waals surface area contributed by atoms with Gasteiger partial charge in [0.25, 0.3) is 0 Å². The van der Waals surface area contributed by atoms with Gasteiger partial charge >= 0.3 is 11.9 Å². The average Bonchev–Trinajstić information content (AvgIpc) is 2.40. The molecule has 0 heterocycles. The van der Waals surface area contributed by atoms with E-state index in [1.807, 2.05) is 0 Å². The molecule has 0 saturated carbocycles. The average molecular weight is 268 g/mol. The van der Waals surface area contributed by atoms with Crippen LogP contribution in [0.1, 0.15) is 32.1 Å². The van der Waals surface area contributed by atoms with E-state index in [1.54, 1.807) is 0 Å². The van der Waals surface area contributed by atoms with Crippen molar-refractivity contribution in [2.45, 2.75) is 32.1 Å². The maximum atomic E-state index is 11.4. The van der Waals surface area contributed by atoms with E-state index in [0.29, 0.717) is 6.42 Å². The first-order valence-electron chi connectivity index (χ1n) is 6.15. The molecule has 106 valence electrons. The van der Waals surface area contributed by atoms with Crippen molar-refractivity contribution in [3.05, 3.63) is 25.3 Å². The fourth-order valence-electron chi connectivity index (χ4n) is 1.24. The van der Waals surface area contributed by atoms with E-state index >= 15 is 0 Å². The molecule has 0 aromatic carbocycles. The minimum absolute atomic E-state index is 0.0629. The van der Waals surface area contributed by atoms with Gasteiger partial charge in [-0.1, -0.05) is 25.3 Å². The first kappa shape index (κ1) is 17.1. The molecule has 5 nitrogen and oxygen atoms in total. The van der Waals surface area contributed by atoms with E-state index in [1.165, 1.54) is 12.2 Å². The van der Waals surface area contributed by atoms with Crippen LogP contribution in [0.5, 0.6) is 0 Å². The van der Waals surface area contributed by atoms with Crippen LogP contribution in [0.2, 0.25) is 0 Å². The highest BCUT2D eigenvalue weighted by molar-refractivity contribution is 5.83. The lowest BCUT2D eigenvalue weighted by molar-refractivity contribution is -0.144. The van der Waals surface area contributed by atoms with Gasteiger partial charge in [-0.25, -0.2) is 0 Å². The zero-order chi connectivity index (χ0) is 14.5. The van der Waals surface area contributed by atoms with E-state index in [2.05, 4.69) is 13.2 Å². The molecule has 0 radical (unpaired) electrons. The lowest BCUT2D eigenvalue weighted by atomic mass is 10.1. The highest BCUT2D eigenvalue weighted by Gasteiger charge is 2.09. The lowest BCUT2D eigenvalue weighted by Gasteiger charge is -2.03. The Bertz CT molecular complexity index is 333. The summed E-state index contributed by atoms with van der Waals surface area (Å²) in [4.78, 5) is 33.6.